The van der Waals surface area contributed by atoms with Crippen molar-refractivity contribution in [2.45, 2.75) is 10.7 Å². The first-order valence-corrected chi connectivity index (χ1v) is 4.82. The second-order valence-corrected chi connectivity index (χ2v) is 3.31. The Hall–Kier alpha value is -0.810. The van der Waals surface area contributed by atoms with E-state index in [9.17, 15) is 4.79 Å². The molecule has 0 saturated heterocycles. The second-order valence-electron chi connectivity index (χ2n) is 2.26. The normalized spacial score (nSPS) is 13.6. The molecule has 0 aromatic rings. The Balaban J connectivity index is 4.69. The van der Waals surface area contributed by atoms with Gasteiger partial charge in [0.15, 0.2) is 0 Å². The van der Waals surface area contributed by atoms with Crippen molar-refractivity contribution in [3.05, 3.63) is 38.2 Å². The van der Waals surface area contributed by atoms with E-state index in [0.717, 1.165) is 6.26 Å². The lowest BCUT2D eigenvalue weighted by Crippen LogP contribution is -2.40. The van der Waals surface area contributed by atoms with Crippen LogP contribution in [0.4, 0.5) is 4.79 Å². The van der Waals surface area contributed by atoms with E-state index in [-0.39, 0.29) is 0 Å². The minimum Gasteiger partial charge on any atom is -0.419 e. The average Bonchev–Trinajstić information content (AvgIpc) is 2.17. The first kappa shape index (κ1) is 13.2. The molecule has 1 amide bonds. The van der Waals surface area contributed by atoms with Crippen LogP contribution in [-0.4, -0.2) is 21.7 Å². The summed E-state index contributed by atoms with van der Waals surface area (Å²) in [6.07, 6.45) is 3.42. The lowest BCUT2D eigenvalue weighted by atomic mass is 10.4. The van der Waals surface area contributed by atoms with E-state index in [1.807, 2.05) is 0 Å². The molecular formula is C9H13NO2S2. The van der Waals surface area contributed by atoms with Crippen molar-refractivity contribution in [2.75, 3.05) is 0 Å². The Kier molecular flexibility index (Phi) is 6.23. The van der Waals surface area contributed by atoms with Crippen molar-refractivity contribution < 1.29 is 9.53 Å². The molecule has 5 heteroatoms. The summed E-state index contributed by atoms with van der Waals surface area (Å²) in [5.74, 6) is 0. The van der Waals surface area contributed by atoms with Crippen molar-refractivity contribution in [1.82, 2.24) is 4.90 Å². The summed E-state index contributed by atoms with van der Waals surface area (Å²) in [5, 5.41) is -0.967. The van der Waals surface area contributed by atoms with Crippen LogP contribution in [0.1, 0.15) is 0 Å². The maximum absolute atomic E-state index is 11.4. The van der Waals surface area contributed by atoms with E-state index >= 15 is 0 Å². The molecule has 0 N–H and O–H groups in total. The topological polar surface area (TPSA) is 29.5 Å². The molecule has 0 bridgehead atoms. The van der Waals surface area contributed by atoms with Crippen molar-refractivity contribution in [3.8, 4) is 0 Å². The van der Waals surface area contributed by atoms with Gasteiger partial charge < -0.3 is 4.74 Å². The van der Waals surface area contributed by atoms with E-state index in [4.69, 9.17) is 0 Å². The summed E-state index contributed by atoms with van der Waals surface area (Å²) in [7, 11) is 0. The smallest absolute Gasteiger partial charge is 0.416 e. The second kappa shape index (κ2) is 6.62. The molecule has 0 fully saturated rings. The Morgan fingerprint density at radius 3 is 1.93 bits per heavy atom. The van der Waals surface area contributed by atoms with Crippen LogP contribution in [0.25, 0.3) is 0 Å². The maximum atomic E-state index is 11.4. The monoisotopic (exact) mass is 231 g/mol. The summed E-state index contributed by atoms with van der Waals surface area (Å²) in [6, 6.07) is 0. The summed E-state index contributed by atoms with van der Waals surface area (Å²) < 4.78 is 4.61. The molecule has 0 saturated carbocycles. The maximum Gasteiger partial charge on any atom is 0.416 e. The molecule has 0 aromatic heterocycles. The molecule has 2 atom stereocenters. The first-order chi connectivity index (χ1) is 6.58. The molecule has 0 aliphatic carbocycles. The van der Waals surface area contributed by atoms with E-state index in [1.165, 1.54) is 17.1 Å². The van der Waals surface area contributed by atoms with E-state index in [0.29, 0.717) is 0 Å². The molecule has 14 heavy (non-hydrogen) atoms. The molecule has 3 nitrogen and oxygen atoms in total. The molecule has 0 spiro atoms. The standard InChI is InChI=1S/C9H13NO2S2/c1-4-7(13)10(8(14)5-2)9(11)12-6-3/h4-8,13-14H,1-3H2. The van der Waals surface area contributed by atoms with Gasteiger partial charge in [-0.25, -0.2) is 4.79 Å². The number of hydrogen-bond donors (Lipinski definition) is 2. The minimum absolute atomic E-state index is 0.483. The number of rotatable bonds is 5. The third-order valence-electron chi connectivity index (χ3n) is 1.39. The van der Waals surface area contributed by atoms with E-state index in [1.54, 1.807) is 0 Å². The molecular weight excluding hydrogens is 218 g/mol. The van der Waals surface area contributed by atoms with Gasteiger partial charge in [0.1, 0.15) is 0 Å². The van der Waals surface area contributed by atoms with Crippen LogP contribution in [-0.2, 0) is 4.74 Å². The van der Waals surface area contributed by atoms with Crippen LogP contribution in [0.5, 0.6) is 0 Å². The van der Waals surface area contributed by atoms with Gasteiger partial charge in [-0.1, -0.05) is 18.7 Å². The summed E-state index contributed by atoms with van der Waals surface area (Å²) in [5.41, 5.74) is 0. The number of nitrogens with zero attached hydrogens (tertiary/aromatic N) is 1. The number of hydrogen-bond acceptors (Lipinski definition) is 4. The van der Waals surface area contributed by atoms with Gasteiger partial charge in [-0.2, -0.15) is 25.3 Å². The Labute approximate surface area is 94.9 Å². The number of thiol groups is 2. The molecule has 0 rings (SSSR count). The third-order valence-corrected chi connectivity index (χ3v) is 2.31. The van der Waals surface area contributed by atoms with Crippen molar-refractivity contribution >= 4 is 31.4 Å². The Morgan fingerprint density at radius 1 is 1.21 bits per heavy atom. The van der Waals surface area contributed by atoms with Gasteiger partial charge in [-0.15, -0.1) is 13.2 Å². The largest absolute Gasteiger partial charge is 0.419 e. The summed E-state index contributed by atoms with van der Waals surface area (Å²) in [6.45, 7) is 10.3. The lowest BCUT2D eigenvalue weighted by molar-refractivity contribution is 0.140. The highest BCUT2D eigenvalue weighted by molar-refractivity contribution is 7.82. The fourth-order valence-corrected chi connectivity index (χ4v) is 1.31. The number of amides is 1. The van der Waals surface area contributed by atoms with Crippen molar-refractivity contribution in [1.29, 1.82) is 0 Å². The van der Waals surface area contributed by atoms with Crippen molar-refractivity contribution in [3.63, 3.8) is 0 Å². The van der Waals surface area contributed by atoms with Crippen LogP contribution < -0.4 is 0 Å². The Bertz CT molecular complexity index is 229. The molecule has 0 aromatic carbocycles. The zero-order valence-electron chi connectivity index (χ0n) is 7.67. The van der Waals surface area contributed by atoms with Gasteiger partial charge in [0, 0.05) is 0 Å². The predicted molar refractivity (Wildman–Crippen MR) is 64.5 cm³/mol. The SMILES string of the molecule is C=COC(=O)N(C(S)C=C)C(S)C=C. The molecule has 78 valence electrons. The Morgan fingerprint density at radius 2 is 1.64 bits per heavy atom. The van der Waals surface area contributed by atoms with Crippen molar-refractivity contribution in [2.24, 2.45) is 0 Å². The average molecular weight is 231 g/mol. The minimum atomic E-state index is -0.597. The van der Waals surface area contributed by atoms with E-state index < -0.39 is 16.8 Å². The number of carbonyl (C=O) groups is 1. The van der Waals surface area contributed by atoms with Gasteiger partial charge >= 0.3 is 6.09 Å². The van der Waals surface area contributed by atoms with Gasteiger partial charge in [0.2, 0.25) is 0 Å². The molecule has 2 unspecified atom stereocenters. The highest BCUT2D eigenvalue weighted by Crippen LogP contribution is 2.15. The third kappa shape index (κ3) is 3.51. The predicted octanol–water partition coefficient (Wildman–Crippen LogP) is 2.45. The highest BCUT2D eigenvalue weighted by atomic mass is 32.1. The van der Waals surface area contributed by atoms with Gasteiger partial charge in [-0.05, 0) is 0 Å². The number of ether oxygens (including phenoxy) is 1. The van der Waals surface area contributed by atoms with Crippen LogP contribution >= 0.6 is 25.3 Å². The number of carbonyl (C=O) groups excluding carboxylic acids is 1. The van der Waals surface area contributed by atoms with Crippen LogP contribution in [0.3, 0.4) is 0 Å². The van der Waals surface area contributed by atoms with Crippen LogP contribution in [0.15, 0.2) is 38.2 Å². The molecule has 0 aliphatic heterocycles. The fraction of sp³-hybridized carbons (Fsp3) is 0.222. The summed E-state index contributed by atoms with van der Waals surface area (Å²) >= 11 is 8.25. The highest BCUT2D eigenvalue weighted by Gasteiger charge is 2.24. The van der Waals surface area contributed by atoms with Gasteiger partial charge in [0.05, 0.1) is 17.0 Å². The fourth-order valence-electron chi connectivity index (χ4n) is 0.732. The zero-order chi connectivity index (χ0) is 11.1. The van der Waals surface area contributed by atoms with Crippen LogP contribution in [0.2, 0.25) is 0 Å². The van der Waals surface area contributed by atoms with Gasteiger partial charge in [-0.3, -0.25) is 4.90 Å². The van der Waals surface area contributed by atoms with Gasteiger partial charge in [0.25, 0.3) is 0 Å². The first-order valence-electron chi connectivity index (χ1n) is 3.79. The molecule has 0 aliphatic rings. The van der Waals surface area contributed by atoms with Crippen LogP contribution in [0, 0.1) is 0 Å². The lowest BCUT2D eigenvalue weighted by Gasteiger charge is -2.28. The molecule has 0 radical (unpaired) electrons. The van der Waals surface area contributed by atoms with E-state index in [2.05, 4.69) is 49.7 Å². The quantitative estimate of drug-likeness (QED) is 0.329. The molecule has 0 heterocycles. The summed E-state index contributed by atoms with van der Waals surface area (Å²) in [4.78, 5) is 12.6. The zero-order valence-corrected chi connectivity index (χ0v) is 9.46.